The molecule has 2 heterocycles. The van der Waals surface area contributed by atoms with Crippen molar-refractivity contribution in [3.05, 3.63) is 48.3 Å². The van der Waals surface area contributed by atoms with Gasteiger partial charge in [0.2, 0.25) is 10.0 Å². The van der Waals surface area contributed by atoms with Gasteiger partial charge in [-0.3, -0.25) is 0 Å². The molecular formula is C22H26N6O5S. The van der Waals surface area contributed by atoms with Crippen molar-refractivity contribution in [2.75, 3.05) is 45.3 Å². The fourth-order valence-corrected chi connectivity index (χ4v) is 4.34. The van der Waals surface area contributed by atoms with Crippen LogP contribution < -0.4 is 24.8 Å². The number of nitrogens with one attached hydrogen (secondary N) is 1. The zero-order valence-corrected chi connectivity index (χ0v) is 19.7. The highest BCUT2D eigenvalue weighted by atomic mass is 32.2. The molecule has 0 radical (unpaired) electrons. The molecule has 1 aliphatic rings. The number of ether oxygens (including phenoxy) is 2. The highest BCUT2D eigenvalue weighted by molar-refractivity contribution is 7.89. The third-order valence-electron chi connectivity index (χ3n) is 5.68. The summed E-state index contributed by atoms with van der Waals surface area (Å²) < 4.78 is 33.5. The van der Waals surface area contributed by atoms with Gasteiger partial charge in [-0.1, -0.05) is 12.1 Å². The molecule has 1 aliphatic heterocycles. The fraction of sp³-hybridized carbons (Fsp3) is 0.318. The van der Waals surface area contributed by atoms with Crippen LogP contribution in [0.4, 0.5) is 10.6 Å². The van der Waals surface area contributed by atoms with E-state index in [0.717, 1.165) is 22.3 Å². The normalized spacial score (nSPS) is 14.2. The summed E-state index contributed by atoms with van der Waals surface area (Å²) in [6.45, 7) is 2.54. The van der Waals surface area contributed by atoms with Gasteiger partial charge in [-0.2, -0.15) is 0 Å². The maximum Gasteiger partial charge on any atom is 0.317 e. The summed E-state index contributed by atoms with van der Waals surface area (Å²) in [6, 6.07) is 9.60. The Hall–Kier alpha value is -3.64. The maximum absolute atomic E-state index is 12.6. The van der Waals surface area contributed by atoms with E-state index >= 15 is 0 Å². The number of fused-ring (bicyclic) bond motifs is 1. The minimum atomic E-state index is -3.74. The Kier molecular flexibility index (Phi) is 6.70. The minimum Gasteiger partial charge on any atom is -0.493 e. The topological polar surface area (TPSA) is 140 Å². The number of primary sulfonamides is 1. The number of carbonyl (C=O) groups is 1. The van der Waals surface area contributed by atoms with E-state index in [2.05, 4.69) is 20.2 Å². The first kappa shape index (κ1) is 23.5. The first-order chi connectivity index (χ1) is 16.3. The first-order valence-electron chi connectivity index (χ1n) is 10.6. The minimum absolute atomic E-state index is 0.0343. The molecule has 12 heteroatoms. The van der Waals surface area contributed by atoms with Crippen molar-refractivity contribution in [2.45, 2.75) is 11.4 Å². The molecule has 2 amide bonds. The summed E-state index contributed by atoms with van der Waals surface area (Å²) in [6.07, 6.45) is 1.52. The molecular weight excluding hydrogens is 460 g/mol. The number of carbonyl (C=O) groups excluding carboxylic acids is 1. The lowest BCUT2D eigenvalue weighted by molar-refractivity contribution is 0.194. The van der Waals surface area contributed by atoms with Crippen LogP contribution in [0.3, 0.4) is 0 Å². The lowest BCUT2D eigenvalue weighted by atomic mass is 10.2. The number of nitrogens with zero attached hydrogens (tertiary/aromatic N) is 4. The number of amides is 2. The van der Waals surface area contributed by atoms with Gasteiger partial charge in [-0.05, 0) is 23.8 Å². The zero-order valence-electron chi connectivity index (χ0n) is 18.9. The number of piperazine rings is 1. The summed E-state index contributed by atoms with van der Waals surface area (Å²) in [5, 5.41) is 8.83. The summed E-state index contributed by atoms with van der Waals surface area (Å²) in [5.41, 5.74) is 1.52. The molecule has 0 saturated carbocycles. The number of benzene rings is 2. The van der Waals surface area contributed by atoms with E-state index in [1.807, 2.05) is 12.1 Å². The molecule has 11 nitrogen and oxygen atoms in total. The molecule has 0 aliphatic carbocycles. The van der Waals surface area contributed by atoms with Crippen molar-refractivity contribution in [1.29, 1.82) is 0 Å². The van der Waals surface area contributed by atoms with Gasteiger partial charge in [0.25, 0.3) is 0 Å². The van der Waals surface area contributed by atoms with Crippen molar-refractivity contribution in [3.8, 4) is 11.5 Å². The van der Waals surface area contributed by atoms with Crippen LogP contribution in [0.1, 0.15) is 5.56 Å². The number of nitrogens with two attached hydrogens (primary N) is 1. The highest BCUT2D eigenvalue weighted by Crippen LogP contribution is 2.34. The summed E-state index contributed by atoms with van der Waals surface area (Å²) in [7, 11) is -0.579. The van der Waals surface area contributed by atoms with E-state index in [1.54, 1.807) is 31.3 Å². The molecule has 0 unspecified atom stereocenters. The van der Waals surface area contributed by atoms with Crippen molar-refractivity contribution < 1.29 is 22.7 Å². The molecule has 1 saturated heterocycles. The second-order valence-corrected chi connectivity index (χ2v) is 9.30. The molecule has 0 atom stereocenters. The number of hydrogen-bond acceptors (Lipinski definition) is 8. The summed E-state index contributed by atoms with van der Waals surface area (Å²) >= 11 is 0. The number of urea groups is 1. The number of anilines is 1. The molecule has 3 aromatic rings. The van der Waals surface area contributed by atoms with E-state index < -0.39 is 10.0 Å². The number of hydrogen-bond donors (Lipinski definition) is 2. The summed E-state index contributed by atoms with van der Waals surface area (Å²) in [5.74, 6) is 1.97. The van der Waals surface area contributed by atoms with Gasteiger partial charge in [0.05, 0.1) is 24.6 Å². The summed E-state index contributed by atoms with van der Waals surface area (Å²) in [4.78, 5) is 25.3. The van der Waals surface area contributed by atoms with Crippen LogP contribution in [0.25, 0.3) is 10.9 Å². The second-order valence-electron chi connectivity index (χ2n) is 7.74. The second kappa shape index (κ2) is 9.69. The molecule has 1 aromatic heterocycles. The fourth-order valence-electron chi connectivity index (χ4n) is 3.83. The number of sulfonamides is 1. The van der Waals surface area contributed by atoms with Crippen LogP contribution in [0.15, 0.2) is 47.6 Å². The van der Waals surface area contributed by atoms with Crippen molar-refractivity contribution in [1.82, 2.24) is 20.2 Å². The van der Waals surface area contributed by atoms with Gasteiger partial charge >= 0.3 is 6.03 Å². The van der Waals surface area contributed by atoms with Crippen LogP contribution >= 0.6 is 0 Å². The van der Waals surface area contributed by atoms with Gasteiger partial charge in [0, 0.05) is 44.2 Å². The Balaban J connectivity index is 1.38. The number of rotatable bonds is 6. The van der Waals surface area contributed by atoms with Gasteiger partial charge in [-0.15, -0.1) is 0 Å². The highest BCUT2D eigenvalue weighted by Gasteiger charge is 2.24. The van der Waals surface area contributed by atoms with Crippen molar-refractivity contribution in [2.24, 2.45) is 5.14 Å². The standard InChI is InChI=1S/C22H26N6O5S/c1-32-19-11-17-18(12-20(19)33-2)25-14-26-21(17)27-7-9-28(10-8-27)22(29)24-13-15-3-5-16(6-4-15)34(23,30)31/h3-6,11-12,14H,7-10,13H2,1-2H3,(H,24,29)(H2,23,30,31). The van der Waals surface area contributed by atoms with E-state index in [0.29, 0.717) is 37.7 Å². The van der Waals surface area contributed by atoms with Crippen LogP contribution in [0, 0.1) is 0 Å². The van der Waals surface area contributed by atoms with Gasteiger partial charge in [-0.25, -0.2) is 28.3 Å². The molecule has 2 aromatic carbocycles. The molecule has 34 heavy (non-hydrogen) atoms. The third-order valence-corrected chi connectivity index (χ3v) is 6.61. The molecule has 0 spiro atoms. The average molecular weight is 487 g/mol. The van der Waals surface area contributed by atoms with Gasteiger partial charge < -0.3 is 24.6 Å². The van der Waals surface area contributed by atoms with Crippen molar-refractivity contribution in [3.63, 3.8) is 0 Å². The Morgan fingerprint density at radius 2 is 1.68 bits per heavy atom. The van der Waals surface area contributed by atoms with Crippen LogP contribution in [0.2, 0.25) is 0 Å². The Morgan fingerprint density at radius 3 is 2.29 bits per heavy atom. The molecule has 0 bridgehead atoms. The average Bonchev–Trinajstić information content (AvgIpc) is 2.85. The van der Waals surface area contributed by atoms with Gasteiger partial charge in [0.1, 0.15) is 12.1 Å². The smallest absolute Gasteiger partial charge is 0.317 e. The van der Waals surface area contributed by atoms with Crippen LogP contribution in [-0.4, -0.2) is 69.7 Å². The Labute approximate surface area is 197 Å². The quantitative estimate of drug-likeness (QED) is 0.532. The number of methoxy groups -OCH3 is 2. The zero-order chi connectivity index (χ0) is 24.3. The van der Waals surface area contributed by atoms with E-state index in [-0.39, 0.29) is 17.5 Å². The molecule has 4 rings (SSSR count). The molecule has 180 valence electrons. The van der Waals surface area contributed by atoms with Crippen LogP contribution in [0.5, 0.6) is 11.5 Å². The maximum atomic E-state index is 12.6. The van der Waals surface area contributed by atoms with Gasteiger partial charge in [0.15, 0.2) is 11.5 Å². The van der Waals surface area contributed by atoms with Crippen molar-refractivity contribution >= 4 is 32.8 Å². The lowest BCUT2D eigenvalue weighted by Crippen LogP contribution is -2.52. The molecule has 3 N–H and O–H groups in total. The number of aromatic nitrogens is 2. The van der Waals surface area contributed by atoms with E-state index in [4.69, 9.17) is 14.6 Å². The van der Waals surface area contributed by atoms with E-state index in [9.17, 15) is 13.2 Å². The SMILES string of the molecule is COc1cc2ncnc(N3CCN(C(=O)NCc4ccc(S(N)(=O)=O)cc4)CC3)c2cc1OC. The first-order valence-corrected chi connectivity index (χ1v) is 12.1. The van der Waals surface area contributed by atoms with E-state index in [1.165, 1.54) is 18.5 Å². The predicted molar refractivity (Wildman–Crippen MR) is 126 cm³/mol. The Bertz CT molecular complexity index is 1290. The predicted octanol–water partition coefficient (Wildman–Crippen LogP) is 1.33. The molecule has 1 fully saturated rings. The Morgan fingerprint density at radius 1 is 1.03 bits per heavy atom. The largest absolute Gasteiger partial charge is 0.493 e. The monoisotopic (exact) mass is 486 g/mol. The third kappa shape index (κ3) is 4.97. The lowest BCUT2D eigenvalue weighted by Gasteiger charge is -2.35. The van der Waals surface area contributed by atoms with Crippen LogP contribution in [-0.2, 0) is 16.6 Å².